The van der Waals surface area contributed by atoms with E-state index in [0.717, 1.165) is 17.9 Å². The molecule has 5 nitrogen and oxygen atoms in total. The van der Waals surface area contributed by atoms with E-state index in [0.29, 0.717) is 5.41 Å². The molecular formula is C17H23N5. The van der Waals surface area contributed by atoms with Crippen LogP contribution in [0.15, 0.2) is 36.5 Å². The van der Waals surface area contributed by atoms with Gasteiger partial charge >= 0.3 is 0 Å². The van der Waals surface area contributed by atoms with E-state index in [2.05, 4.69) is 20.4 Å². The molecule has 1 aromatic carbocycles. The zero-order valence-electron chi connectivity index (χ0n) is 12.9. The summed E-state index contributed by atoms with van der Waals surface area (Å²) >= 11 is 0. The molecule has 0 aliphatic carbocycles. The minimum atomic E-state index is 0.556. The Morgan fingerprint density at radius 3 is 2.73 bits per heavy atom. The lowest BCUT2D eigenvalue weighted by Crippen LogP contribution is -2.38. The quantitative estimate of drug-likeness (QED) is 0.939. The summed E-state index contributed by atoms with van der Waals surface area (Å²) in [7, 11) is 0. The first-order chi connectivity index (χ1) is 10.8. The molecule has 1 spiro atoms. The Balaban J connectivity index is 1.41. The van der Waals surface area contributed by atoms with Gasteiger partial charge in [0.2, 0.25) is 0 Å². The molecule has 0 radical (unpaired) electrons. The number of hydrogen-bond acceptors (Lipinski definition) is 4. The highest BCUT2D eigenvalue weighted by Gasteiger charge is 2.38. The highest BCUT2D eigenvalue weighted by atomic mass is 15.5. The van der Waals surface area contributed by atoms with Gasteiger partial charge in [-0.05, 0) is 56.4 Å². The fourth-order valence-electron chi connectivity index (χ4n) is 3.81. The number of para-hydroxylation sites is 1. The normalized spacial score (nSPS) is 21.5. The van der Waals surface area contributed by atoms with Gasteiger partial charge < -0.3 is 5.32 Å². The number of piperidine rings is 1. The Kier molecular flexibility index (Phi) is 3.68. The van der Waals surface area contributed by atoms with Gasteiger partial charge in [-0.1, -0.05) is 18.2 Å². The fourth-order valence-corrected chi connectivity index (χ4v) is 3.81. The van der Waals surface area contributed by atoms with E-state index in [1.165, 1.54) is 45.4 Å². The summed E-state index contributed by atoms with van der Waals surface area (Å²) in [5.41, 5.74) is 2.64. The number of hydrogen-bond donors (Lipinski definition) is 1. The third-order valence-corrected chi connectivity index (χ3v) is 5.09. The van der Waals surface area contributed by atoms with Crippen molar-refractivity contribution in [3.05, 3.63) is 42.2 Å². The molecule has 0 unspecified atom stereocenters. The third kappa shape index (κ3) is 2.78. The Morgan fingerprint density at radius 2 is 1.91 bits per heavy atom. The standard InChI is InChI=1S/C17H23N5/c1-2-4-16(5-3-1)22-19-12-15(20-22)13-21-11-8-17(14-21)6-9-18-10-7-17/h1-5,12,18H,6-11,13-14H2. The number of rotatable bonds is 3. The van der Waals surface area contributed by atoms with E-state index in [1.807, 2.05) is 36.5 Å². The van der Waals surface area contributed by atoms with Gasteiger partial charge in [-0.3, -0.25) is 4.90 Å². The van der Waals surface area contributed by atoms with Crippen LogP contribution in [0, 0.1) is 5.41 Å². The number of aromatic nitrogens is 3. The number of nitrogens with one attached hydrogen (secondary N) is 1. The predicted molar refractivity (Wildman–Crippen MR) is 85.8 cm³/mol. The van der Waals surface area contributed by atoms with E-state index in [4.69, 9.17) is 0 Å². The first kappa shape index (κ1) is 13.9. The lowest BCUT2D eigenvalue weighted by atomic mass is 9.78. The van der Waals surface area contributed by atoms with Gasteiger partial charge in [-0.15, -0.1) is 0 Å². The lowest BCUT2D eigenvalue weighted by Gasteiger charge is -2.33. The molecule has 4 rings (SSSR count). The molecule has 1 N–H and O–H groups in total. The van der Waals surface area contributed by atoms with Gasteiger partial charge in [0.15, 0.2) is 0 Å². The summed E-state index contributed by atoms with van der Waals surface area (Å²) in [5.74, 6) is 0. The molecule has 2 fully saturated rings. The summed E-state index contributed by atoms with van der Waals surface area (Å²) in [6.45, 7) is 5.68. The highest BCUT2D eigenvalue weighted by Crippen LogP contribution is 2.38. The van der Waals surface area contributed by atoms with E-state index in [-0.39, 0.29) is 0 Å². The molecule has 2 aliphatic rings. The lowest BCUT2D eigenvalue weighted by molar-refractivity contribution is 0.193. The summed E-state index contributed by atoms with van der Waals surface area (Å²) in [5, 5.41) is 12.5. The Hall–Kier alpha value is -1.72. The molecule has 0 bridgehead atoms. The van der Waals surface area contributed by atoms with Crippen molar-refractivity contribution in [2.24, 2.45) is 5.41 Å². The number of likely N-dealkylation sites (tertiary alicyclic amines) is 1. The van der Waals surface area contributed by atoms with Crippen LogP contribution in [0.3, 0.4) is 0 Å². The van der Waals surface area contributed by atoms with Crippen LogP contribution in [0.4, 0.5) is 0 Å². The van der Waals surface area contributed by atoms with Crippen molar-refractivity contribution in [1.82, 2.24) is 25.2 Å². The van der Waals surface area contributed by atoms with Crippen LogP contribution < -0.4 is 5.32 Å². The average Bonchev–Trinajstić information content (AvgIpc) is 3.17. The highest BCUT2D eigenvalue weighted by molar-refractivity contribution is 5.28. The second-order valence-electron chi connectivity index (χ2n) is 6.67. The second kappa shape index (κ2) is 5.82. The molecule has 116 valence electrons. The van der Waals surface area contributed by atoms with Crippen LogP contribution in [-0.2, 0) is 6.54 Å². The van der Waals surface area contributed by atoms with Crippen molar-refractivity contribution >= 4 is 0 Å². The fraction of sp³-hybridized carbons (Fsp3) is 0.529. The summed E-state index contributed by atoms with van der Waals surface area (Å²) < 4.78 is 0. The maximum atomic E-state index is 4.63. The first-order valence-corrected chi connectivity index (χ1v) is 8.23. The zero-order chi connectivity index (χ0) is 14.8. The van der Waals surface area contributed by atoms with Crippen LogP contribution in [0.1, 0.15) is 25.0 Å². The van der Waals surface area contributed by atoms with Crippen molar-refractivity contribution in [3.63, 3.8) is 0 Å². The number of nitrogens with zero attached hydrogens (tertiary/aromatic N) is 4. The molecule has 1 aromatic heterocycles. The van der Waals surface area contributed by atoms with Crippen molar-refractivity contribution in [3.8, 4) is 5.69 Å². The first-order valence-electron chi connectivity index (χ1n) is 8.23. The van der Waals surface area contributed by atoms with Crippen LogP contribution >= 0.6 is 0 Å². The van der Waals surface area contributed by atoms with E-state index in [9.17, 15) is 0 Å². The zero-order valence-corrected chi connectivity index (χ0v) is 12.9. The molecule has 3 heterocycles. The molecule has 0 saturated carbocycles. The molecule has 0 amide bonds. The molecule has 2 aliphatic heterocycles. The van der Waals surface area contributed by atoms with E-state index in [1.54, 1.807) is 4.80 Å². The third-order valence-electron chi connectivity index (χ3n) is 5.09. The molecule has 22 heavy (non-hydrogen) atoms. The molecule has 0 atom stereocenters. The van der Waals surface area contributed by atoms with E-state index < -0.39 is 0 Å². The van der Waals surface area contributed by atoms with Gasteiger partial charge in [0, 0.05) is 13.1 Å². The Labute approximate surface area is 131 Å². The van der Waals surface area contributed by atoms with E-state index >= 15 is 0 Å². The van der Waals surface area contributed by atoms with Crippen molar-refractivity contribution in [2.45, 2.75) is 25.8 Å². The van der Waals surface area contributed by atoms with Crippen LogP contribution in [0.5, 0.6) is 0 Å². The van der Waals surface area contributed by atoms with Crippen molar-refractivity contribution in [1.29, 1.82) is 0 Å². The smallest absolute Gasteiger partial charge is 0.0971 e. The topological polar surface area (TPSA) is 46.0 Å². The monoisotopic (exact) mass is 297 g/mol. The SMILES string of the molecule is c1ccc(-n2ncc(CN3CCC4(CCNCC4)C3)n2)cc1. The molecule has 5 heteroatoms. The van der Waals surface area contributed by atoms with Gasteiger partial charge in [0.1, 0.15) is 0 Å². The maximum Gasteiger partial charge on any atom is 0.0971 e. The van der Waals surface area contributed by atoms with Gasteiger partial charge in [-0.2, -0.15) is 15.0 Å². The Bertz CT molecular complexity index is 615. The van der Waals surface area contributed by atoms with Crippen LogP contribution in [0.2, 0.25) is 0 Å². The van der Waals surface area contributed by atoms with Gasteiger partial charge in [-0.25, -0.2) is 0 Å². The van der Waals surface area contributed by atoms with Crippen molar-refractivity contribution in [2.75, 3.05) is 26.2 Å². The van der Waals surface area contributed by atoms with Crippen LogP contribution in [-0.4, -0.2) is 46.1 Å². The minimum absolute atomic E-state index is 0.556. The predicted octanol–water partition coefficient (Wildman–Crippen LogP) is 1.84. The largest absolute Gasteiger partial charge is 0.317 e. The number of benzene rings is 1. The summed E-state index contributed by atoms with van der Waals surface area (Å²) in [6, 6.07) is 10.1. The second-order valence-corrected chi connectivity index (χ2v) is 6.67. The summed E-state index contributed by atoms with van der Waals surface area (Å²) in [6.07, 6.45) is 5.88. The molecule has 2 aromatic rings. The van der Waals surface area contributed by atoms with Gasteiger partial charge in [0.25, 0.3) is 0 Å². The average molecular weight is 297 g/mol. The Morgan fingerprint density at radius 1 is 1.09 bits per heavy atom. The maximum absolute atomic E-state index is 4.63. The molecule has 2 saturated heterocycles. The minimum Gasteiger partial charge on any atom is -0.317 e. The van der Waals surface area contributed by atoms with Crippen LogP contribution in [0.25, 0.3) is 5.69 Å². The molecular weight excluding hydrogens is 274 g/mol. The van der Waals surface area contributed by atoms with Gasteiger partial charge in [0.05, 0.1) is 17.6 Å². The summed E-state index contributed by atoms with van der Waals surface area (Å²) in [4.78, 5) is 4.27. The van der Waals surface area contributed by atoms with Crippen molar-refractivity contribution < 1.29 is 0 Å².